The van der Waals surface area contributed by atoms with E-state index in [0.717, 1.165) is 12.8 Å². The molecule has 6 heteroatoms. The van der Waals surface area contributed by atoms with E-state index in [2.05, 4.69) is 0 Å². The number of carbonyl (C=O) groups excluding carboxylic acids is 2. The molecule has 0 aromatic heterocycles. The second-order valence-electron chi connectivity index (χ2n) is 7.80. The van der Waals surface area contributed by atoms with E-state index in [9.17, 15) is 14.7 Å². The van der Waals surface area contributed by atoms with Gasteiger partial charge in [-0.2, -0.15) is 0 Å². The van der Waals surface area contributed by atoms with Crippen LogP contribution in [0.1, 0.15) is 39.5 Å². The zero-order valence-electron chi connectivity index (χ0n) is 18.1. The predicted octanol–water partition coefficient (Wildman–Crippen LogP) is 5.08. The molecule has 0 heterocycles. The highest BCUT2D eigenvalue weighted by Gasteiger charge is 2.27. The molecular formula is C25H31ClO5. The topological polar surface area (TPSA) is 72.8 Å². The summed E-state index contributed by atoms with van der Waals surface area (Å²) in [6, 6.07) is 7.00. The second kappa shape index (κ2) is 13.1. The van der Waals surface area contributed by atoms with Crippen molar-refractivity contribution in [3.05, 3.63) is 65.7 Å². The van der Waals surface area contributed by atoms with Crippen LogP contribution in [-0.4, -0.2) is 35.7 Å². The Labute approximate surface area is 189 Å². The molecule has 5 nitrogen and oxygen atoms in total. The molecule has 1 aromatic rings. The van der Waals surface area contributed by atoms with Crippen molar-refractivity contribution >= 4 is 23.4 Å². The summed E-state index contributed by atoms with van der Waals surface area (Å²) in [5, 5.41) is 10.7. The molecule has 3 atom stereocenters. The van der Waals surface area contributed by atoms with Crippen LogP contribution in [0.4, 0.5) is 0 Å². The van der Waals surface area contributed by atoms with Crippen LogP contribution in [0.15, 0.2) is 60.7 Å². The maximum Gasteiger partial charge on any atom is 0.306 e. The lowest BCUT2D eigenvalue weighted by Crippen LogP contribution is -2.17. The van der Waals surface area contributed by atoms with Gasteiger partial charge in [0.15, 0.2) is 5.78 Å². The molecule has 0 radical (unpaired) electrons. The number of allylic oxidation sites excluding steroid dienone is 5. The number of aliphatic hydroxyl groups is 1. The van der Waals surface area contributed by atoms with Gasteiger partial charge in [-0.3, -0.25) is 9.59 Å². The molecule has 31 heavy (non-hydrogen) atoms. The van der Waals surface area contributed by atoms with Crippen molar-refractivity contribution < 1.29 is 24.2 Å². The Hall–Kier alpha value is -2.37. The Morgan fingerprint density at radius 3 is 2.84 bits per heavy atom. The van der Waals surface area contributed by atoms with Gasteiger partial charge in [0.2, 0.25) is 0 Å². The Balaban J connectivity index is 1.73. The lowest BCUT2D eigenvalue weighted by Gasteiger charge is -2.14. The van der Waals surface area contributed by atoms with Gasteiger partial charge in [0.1, 0.15) is 18.5 Å². The molecule has 168 valence electrons. The van der Waals surface area contributed by atoms with E-state index >= 15 is 0 Å². The normalized spacial score (nSPS) is 19.6. The smallest absolute Gasteiger partial charge is 0.306 e. The summed E-state index contributed by atoms with van der Waals surface area (Å²) in [7, 11) is 0. The first kappa shape index (κ1) is 24.9. The fourth-order valence-corrected chi connectivity index (χ4v) is 3.40. The summed E-state index contributed by atoms with van der Waals surface area (Å²) in [4.78, 5) is 23.7. The van der Waals surface area contributed by atoms with Crippen molar-refractivity contribution in [1.29, 1.82) is 0 Å². The summed E-state index contributed by atoms with van der Waals surface area (Å²) >= 11 is 5.92. The van der Waals surface area contributed by atoms with Crippen molar-refractivity contribution in [3.63, 3.8) is 0 Å². The number of aliphatic hydroxyl groups excluding tert-OH is 1. The molecule has 0 spiro atoms. The minimum absolute atomic E-state index is 0.0565. The van der Waals surface area contributed by atoms with Gasteiger partial charge in [0.05, 0.1) is 6.10 Å². The number of unbranched alkanes of at least 4 members (excludes halogenated alkanes) is 1. The van der Waals surface area contributed by atoms with E-state index in [4.69, 9.17) is 21.1 Å². The summed E-state index contributed by atoms with van der Waals surface area (Å²) in [6.45, 7) is 3.77. The Morgan fingerprint density at radius 1 is 1.29 bits per heavy atom. The van der Waals surface area contributed by atoms with Gasteiger partial charge in [-0.05, 0) is 57.4 Å². The number of ether oxygens (including phenoxy) is 2. The highest BCUT2D eigenvalue weighted by atomic mass is 35.5. The molecule has 1 N–H and O–H groups in total. The number of rotatable bonds is 12. The van der Waals surface area contributed by atoms with Crippen LogP contribution in [0.2, 0.25) is 5.02 Å². The molecule has 0 aliphatic heterocycles. The maximum atomic E-state index is 12.2. The molecule has 0 fully saturated rings. The molecule has 1 aliphatic rings. The van der Waals surface area contributed by atoms with Gasteiger partial charge < -0.3 is 14.6 Å². The average Bonchev–Trinajstić information content (AvgIpc) is 3.06. The minimum Gasteiger partial charge on any atom is -0.491 e. The summed E-state index contributed by atoms with van der Waals surface area (Å²) in [6.07, 6.45) is 12.6. The van der Waals surface area contributed by atoms with Gasteiger partial charge in [-0.1, -0.05) is 48.0 Å². The predicted molar refractivity (Wildman–Crippen MR) is 122 cm³/mol. The minimum atomic E-state index is -0.787. The van der Waals surface area contributed by atoms with Crippen LogP contribution >= 0.6 is 11.6 Å². The van der Waals surface area contributed by atoms with Crippen molar-refractivity contribution in [2.24, 2.45) is 11.8 Å². The third-order valence-electron chi connectivity index (χ3n) is 4.76. The van der Waals surface area contributed by atoms with Crippen LogP contribution < -0.4 is 4.74 Å². The summed E-state index contributed by atoms with van der Waals surface area (Å²) < 4.78 is 10.6. The van der Waals surface area contributed by atoms with Crippen molar-refractivity contribution in [1.82, 2.24) is 0 Å². The Morgan fingerprint density at radius 2 is 2.10 bits per heavy atom. The van der Waals surface area contributed by atoms with Gasteiger partial charge in [0.25, 0.3) is 0 Å². The van der Waals surface area contributed by atoms with Crippen LogP contribution in [0.5, 0.6) is 5.75 Å². The average molecular weight is 447 g/mol. The molecule has 0 bridgehead atoms. The first-order chi connectivity index (χ1) is 14.8. The first-order valence-corrected chi connectivity index (χ1v) is 11.0. The van der Waals surface area contributed by atoms with Crippen molar-refractivity contribution in [2.45, 2.75) is 51.7 Å². The molecule has 1 aromatic carbocycles. The number of hydrogen-bond acceptors (Lipinski definition) is 5. The van der Waals surface area contributed by atoms with E-state index in [1.807, 2.05) is 38.2 Å². The maximum absolute atomic E-state index is 12.2. The highest BCUT2D eigenvalue weighted by molar-refractivity contribution is 6.30. The number of carbonyl (C=O) groups is 2. The lowest BCUT2D eigenvalue weighted by atomic mass is 9.90. The van der Waals surface area contributed by atoms with E-state index in [-0.39, 0.29) is 36.3 Å². The van der Waals surface area contributed by atoms with Gasteiger partial charge in [0, 0.05) is 23.3 Å². The number of benzene rings is 1. The zero-order valence-corrected chi connectivity index (χ0v) is 18.8. The second-order valence-corrected chi connectivity index (χ2v) is 8.24. The van der Waals surface area contributed by atoms with Crippen molar-refractivity contribution in [2.75, 3.05) is 6.61 Å². The SMILES string of the molecule is CC(C)OC(=O)CCC/C=C/C[C@H]1C(=O)C=C[C@@H]1/C=C/[C@@H](O)COc1cccc(Cl)c1. The molecule has 1 aliphatic carbocycles. The third kappa shape index (κ3) is 9.53. The molecule has 0 saturated carbocycles. The zero-order chi connectivity index (χ0) is 22.6. The number of ketones is 1. The van der Waals surface area contributed by atoms with E-state index in [0.29, 0.717) is 23.6 Å². The number of halogens is 1. The quantitative estimate of drug-likeness (QED) is 0.275. The first-order valence-electron chi connectivity index (χ1n) is 10.7. The highest BCUT2D eigenvalue weighted by Crippen LogP contribution is 2.27. The van der Waals surface area contributed by atoms with Crippen LogP contribution in [0, 0.1) is 11.8 Å². The number of hydrogen-bond donors (Lipinski definition) is 1. The molecular weight excluding hydrogens is 416 g/mol. The Bertz CT molecular complexity index is 812. The standard InChI is InChI=1S/C25H31ClO5/c1-18(2)31-25(29)11-6-4-3-5-10-23-19(13-15-24(23)28)12-14-21(27)17-30-22-9-7-8-20(26)16-22/h3,5,7-9,12-16,18-19,21,23,27H,4,6,10-11,17H2,1-2H3/b5-3+,14-12+/t19-,21+,23+/m0/s1. The van der Waals surface area contributed by atoms with E-state index in [1.165, 1.54) is 0 Å². The van der Waals surface area contributed by atoms with Gasteiger partial charge in [-0.15, -0.1) is 0 Å². The third-order valence-corrected chi connectivity index (χ3v) is 5.00. The lowest BCUT2D eigenvalue weighted by molar-refractivity contribution is -0.147. The summed E-state index contributed by atoms with van der Waals surface area (Å²) in [5.74, 6) is 0.279. The largest absolute Gasteiger partial charge is 0.491 e. The van der Waals surface area contributed by atoms with Crippen LogP contribution in [0.25, 0.3) is 0 Å². The number of esters is 1. The van der Waals surface area contributed by atoms with Crippen LogP contribution in [0.3, 0.4) is 0 Å². The van der Waals surface area contributed by atoms with Gasteiger partial charge in [-0.25, -0.2) is 0 Å². The molecule has 0 unspecified atom stereocenters. The summed E-state index contributed by atoms with van der Waals surface area (Å²) in [5.41, 5.74) is 0. The fourth-order valence-electron chi connectivity index (χ4n) is 3.22. The molecule has 2 rings (SSSR count). The van der Waals surface area contributed by atoms with E-state index < -0.39 is 6.10 Å². The molecule has 0 saturated heterocycles. The van der Waals surface area contributed by atoms with E-state index in [1.54, 1.807) is 36.4 Å². The monoisotopic (exact) mass is 446 g/mol. The Kier molecular flexibility index (Phi) is 10.5. The van der Waals surface area contributed by atoms with Crippen LogP contribution in [-0.2, 0) is 14.3 Å². The fraction of sp³-hybridized carbons (Fsp3) is 0.440. The van der Waals surface area contributed by atoms with Crippen molar-refractivity contribution in [3.8, 4) is 5.75 Å². The molecule has 0 amide bonds. The van der Waals surface area contributed by atoms with Gasteiger partial charge >= 0.3 is 5.97 Å².